The van der Waals surface area contributed by atoms with Gasteiger partial charge in [0, 0.05) is 24.2 Å². The van der Waals surface area contributed by atoms with Gasteiger partial charge in [0.15, 0.2) is 11.3 Å². The van der Waals surface area contributed by atoms with Gasteiger partial charge in [-0.3, -0.25) is 10.1 Å². The van der Waals surface area contributed by atoms with Gasteiger partial charge in [-0.2, -0.15) is 0 Å². The highest BCUT2D eigenvalue weighted by atomic mass is 16.6. The Morgan fingerprint density at radius 3 is 2.32 bits per heavy atom. The number of nitrogens with zero attached hydrogens (tertiary/aromatic N) is 5. The number of benzene rings is 2. The van der Waals surface area contributed by atoms with E-state index in [2.05, 4.69) is 16.9 Å². The Morgan fingerprint density at radius 1 is 1.00 bits per heavy atom. The van der Waals surface area contributed by atoms with Crippen molar-refractivity contribution in [2.24, 2.45) is 0 Å². The van der Waals surface area contributed by atoms with Crippen LogP contribution in [0, 0.1) is 10.1 Å². The first kappa shape index (κ1) is 15.2. The molecule has 2 heterocycles. The van der Waals surface area contributed by atoms with Crippen LogP contribution in [0.3, 0.4) is 0 Å². The van der Waals surface area contributed by atoms with E-state index in [0.717, 1.165) is 41.0 Å². The van der Waals surface area contributed by atoms with Crippen LogP contribution in [0.4, 0.5) is 5.69 Å². The minimum Gasteiger partial charge on any atom is -0.307 e. The number of imidazole rings is 1. The summed E-state index contributed by atoms with van der Waals surface area (Å²) in [6.07, 6.45) is 0.917. The lowest BCUT2D eigenvalue weighted by Crippen LogP contribution is -2.01. The summed E-state index contributed by atoms with van der Waals surface area (Å²) in [5.41, 5.74) is 3.80. The van der Waals surface area contributed by atoms with Crippen molar-refractivity contribution >= 4 is 28.0 Å². The van der Waals surface area contributed by atoms with E-state index in [1.54, 1.807) is 12.1 Å². The van der Waals surface area contributed by atoms with E-state index >= 15 is 0 Å². The van der Waals surface area contributed by atoms with Gasteiger partial charge in [0.1, 0.15) is 5.82 Å². The Hall–Kier alpha value is -3.35. The van der Waals surface area contributed by atoms with Gasteiger partial charge in [0.05, 0.1) is 16.0 Å². The summed E-state index contributed by atoms with van der Waals surface area (Å²) in [6.45, 7) is 2.83. The van der Waals surface area contributed by atoms with Gasteiger partial charge in [-0.15, -0.1) is 0 Å². The van der Waals surface area contributed by atoms with Crippen molar-refractivity contribution in [1.29, 1.82) is 0 Å². The fraction of sp³-hybridized carbons (Fsp3) is 0.167. The quantitative estimate of drug-likeness (QED) is 0.416. The number of hydrogen-bond acceptors (Lipinski definition) is 5. The van der Waals surface area contributed by atoms with Gasteiger partial charge in [0.2, 0.25) is 0 Å². The van der Waals surface area contributed by atoms with Crippen molar-refractivity contribution in [3.8, 4) is 11.4 Å². The molecule has 124 valence electrons. The highest BCUT2D eigenvalue weighted by Gasteiger charge is 2.16. The zero-order chi connectivity index (χ0) is 17.4. The Labute approximate surface area is 143 Å². The van der Waals surface area contributed by atoms with Crippen LogP contribution < -0.4 is 0 Å². The smallest absolute Gasteiger partial charge is 0.269 e. The largest absolute Gasteiger partial charge is 0.307 e. The molecule has 0 bridgehead atoms. The maximum Gasteiger partial charge on any atom is 0.269 e. The molecular formula is C18H15N5O2. The van der Waals surface area contributed by atoms with Crippen LogP contribution in [0.25, 0.3) is 33.7 Å². The molecule has 0 atom stereocenters. The normalized spacial score (nSPS) is 11.2. The third-order valence-corrected chi connectivity index (χ3v) is 4.04. The summed E-state index contributed by atoms with van der Waals surface area (Å²) >= 11 is 0. The second-order valence-electron chi connectivity index (χ2n) is 5.75. The van der Waals surface area contributed by atoms with Crippen LogP contribution in [0.15, 0.2) is 48.5 Å². The van der Waals surface area contributed by atoms with Crippen LogP contribution in [0.5, 0.6) is 0 Å². The second kappa shape index (κ2) is 5.94. The first-order valence-corrected chi connectivity index (χ1v) is 8.05. The SMILES string of the molecule is CCCn1c(-c2ccc([N+](=O)[O-])cc2)nc2nc3ccccc3nc21. The van der Waals surface area contributed by atoms with Crippen molar-refractivity contribution in [3.05, 3.63) is 58.6 Å². The minimum atomic E-state index is -0.408. The number of para-hydroxylation sites is 2. The summed E-state index contributed by atoms with van der Waals surface area (Å²) in [5.74, 6) is 0.724. The van der Waals surface area contributed by atoms with Crippen LogP contribution in [0.2, 0.25) is 0 Å². The van der Waals surface area contributed by atoms with Crippen molar-refractivity contribution in [1.82, 2.24) is 19.5 Å². The zero-order valence-corrected chi connectivity index (χ0v) is 13.6. The van der Waals surface area contributed by atoms with E-state index in [1.165, 1.54) is 12.1 Å². The third-order valence-electron chi connectivity index (χ3n) is 4.04. The summed E-state index contributed by atoms with van der Waals surface area (Å²) in [7, 11) is 0. The maximum atomic E-state index is 10.9. The molecule has 0 saturated carbocycles. The van der Waals surface area contributed by atoms with Crippen LogP contribution >= 0.6 is 0 Å². The number of rotatable bonds is 4. The molecule has 2 aromatic heterocycles. The Balaban J connectivity index is 1.94. The lowest BCUT2D eigenvalue weighted by Gasteiger charge is -2.07. The fourth-order valence-corrected chi connectivity index (χ4v) is 2.89. The van der Waals surface area contributed by atoms with Gasteiger partial charge in [-0.1, -0.05) is 19.1 Å². The summed E-state index contributed by atoms with van der Waals surface area (Å²) < 4.78 is 2.02. The number of aromatic nitrogens is 4. The van der Waals surface area contributed by atoms with E-state index in [4.69, 9.17) is 4.98 Å². The first-order chi connectivity index (χ1) is 12.2. The van der Waals surface area contributed by atoms with Crippen molar-refractivity contribution in [2.75, 3.05) is 0 Å². The van der Waals surface area contributed by atoms with Crippen molar-refractivity contribution in [2.45, 2.75) is 19.9 Å². The first-order valence-electron chi connectivity index (χ1n) is 8.05. The lowest BCUT2D eigenvalue weighted by atomic mass is 10.2. The molecule has 0 amide bonds. The molecule has 0 aliphatic carbocycles. The lowest BCUT2D eigenvalue weighted by molar-refractivity contribution is -0.384. The van der Waals surface area contributed by atoms with E-state index in [1.807, 2.05) is 28.8 Å². The molecule has 0 spiro atoms. The van der Waals surface area contributed by atoms with Crippen LogP contribution in [-0.2, 0) is 6.54 Å². The molecule has 7 heteroatoms. The Kier molecular flexibility index (Phi) is 3.61. The number of hydrogen-bond donors (Lipinski definition) is 0. The standard InChI is InChI=1S/C18H15N5O2/c1-2-11-22-17(12-7-9-13(10-8-12)23(24)25)21-16-18(22)20-15-6-4-3-5-14(15)19-16/h3-10H,2,11H2,1H3. The number of non-ortho nitro benzene ring substituents is 1. The van der Waals surface area contributed by atoms with E-state index in [-0.39, 0.29) is 5.69 Å². The Bertz CT molecular complexity index is 1090. The number of nitro groups is 1. The molecule has 0 saturated heterocycles. The highest BCUT2D eigenvalue weighted by molar-refractivity contribution is 5.84. The molecule has 4 aromatic rings. The summed E-state index contributed by atoms with van der Waals surface area (Å²) in [5, 5.41) is 10.9. The topological polar surface area (TPSA) is 86.7 Å². The number of fused-ring (bicyclic) bond motifs is 2. The van der Waals surface area contributed by atoms with E-state index in [0.29, 0.717) is 5.65 Å². The third kappa shape index (κ3) is 2.59. The molecule has 0 unspecified atom stereocenters. The molecular weight excluding hydrogens is 318 g/mol. The van der Waals surface area contributed by atoms with Gasteiger partial charge < -0.3 is 4.57 Å². The molecule has 0 aliphatic rings. The van der Waals surface area contributed by atoms with Gasteiger partial charge in [-0.25, -0.2) is 15.0 Å². The molecule has 4 rings (SSSR count). The zero-order valence-electron chi connectivity index (χ0n) is 13.6. The van der Waals surface area contributed by atoms with E-state index in [9.17, 15) is 10.1 Å². The fourth-order valence-electron chi connectivity index (χ4n) is 2.89. The average Bonchev–Trinajstić information content (AvgIpc) is 2.98. The molecule has 7 nitrogen and oxygen atoms in total. The molecule has 0 radical (unpaired) electrons. The molecule has 0 fully saturated rings. The molecule has 2 aromatic carbocycles. The number of nitro benzene ring substituents is 1. The average molecular weight is 333 g/mol. The predicted octanol–water partition coefficient (Wildman–Crippen LogP) is 3.96. The van der Waals surface area contributed by atoms with Gasteiger partial charge in [-0.05, 0) is 30.7 Å². The van der Waals surface area contributed by atoms with Crippen molar-refractivity contribution < 1.29 is 4.92 Å². The monoisotopic (exact) mass is 333 g/mol. The van der Waals surface area contributed by atoms with Gasteiger partial charge in [0.25, 0.3) is 5.69 Å². The molecule has 25 heavy (non-hydrogen) atoms. The second-order valence-corrected chi connectivity index (χ2v) is 5.75. The van der Waals surface area contributed by atoms with Crippen LogP contribution in [0.1, 0.15) is 13.3 Å². The van der Waals surface area contributed by atoms with E-state index < -0.39 is 4.92 Å². The number of aryl methyl sites for hydroxylation is 1. The van der Waals surface area contributed by atoms with Crippen LogP contribution in [-0.4, -0.2) is 24.4 Å². The van der Waals surface area contributed by atoms with Gasteiger partial charge >= 0.3 is 0 Å². The maximum absolute atomic E-state index is 10.9. The minimum absolute atomic E-state index is 0.0592. The van der Waals surface area contributed by atoms with Crippen molar-refractivity contribution in [3.63, 3.8) is 0 Å². The highest BCUT2D eigenvalue weighted by Crippen LogP contribution is 2.26. The summed E-state index contributed by atoms with van der Waals surface area (Å²) in [6, 6.07) is 14.1. The predicted molar refractivity (Wildman–Crippen MR) is 95.2 cm³/mol. The Morgan fingerprint density at radius 2 is 1.68 bits per heavy atom. The molecule has 0 aliphatic heterocycles. The summed E-state index contributed by atoms with van der Waals surface area (Å²) in [4.78, 5) is 24.4. The molecule has 0 N–H and O–H groups in total.